The van der Waals surface area contributed by atoms with Crippen molar-refractivity contribution in [2.45, 2.75) is 59.5 Å². The largest absolute Gasteiger partial charge is 0.312 e. The topological polar surface area (TPSA) is 15.3 Å². The van der Waals surface area contributed by atoms with Crippen molar-refractivity contribution >= 4 is 0 Å². The molecule has 0 saturated carbocycles. The van der Waals surface area contributed by atoms with Crippen LogP contribution in [0.15, 0.2) is 0 Å². The van der Waals surface area contributed by atoms with Crippen molar-refractivity contribution in [2.24, 2.45) is 11.8 Å². The molecule has 1 N–H and O–H groups in total. The maximum atomic E-state index is 3.65. The Bertz CT molecular complexity index is 179. The molecule has 2 nitrogen and oxygen atoms in total. The molecule has 2 heteroatoms. The Morgan fingerprint density at radius 2 is 1.56 bits per heavy atom. The molecule has 0 aromatic heterocycles. The Balaban J connectivity index is 2.40. The van der Waals surface area contributed by atoms with Gasteiger partial charge in [0, 0.05) is 18.6 Å². The summed E-state index contributed by atoms with van der Waals surface area (Å²) in [6.07, 6.45) is 2.57. The predicted molar refractivity (Wildman–Crippen MR) is 71.7 cm³/mol. The summed E-state index contributed by atoms with van der Waals surface area (Å²) in [5.74, 6) is 1.62. The molecular weight excluding hydrogens is 196 g/mol. The molecule has 0 amide bonds. The molecule has 1 rings (SSSR count). The Morgan fingerprint density at radius 1 is 1.06 bits per heavy atom. The summed E-state index contributed by atoms with van der Waals surface area (Å²) in [4.78, 5) is 2.67. The van der Waals surface area contributed by atoms with Crippen molar-refractivity contribution in [1.29, 1.82) is 0 Å². The van der Waals surface area contributed by atoms with Crippen molar-refractivity contribution in [2.75, 3.05) is 19.6 Å². The highest BCUT2D eigenvalue weighted by molar-refractivity contribution is 4.76. The highest BCUT2D eigenvalue weighted by atomic mass is 15.1. The van der Waals surface area contributed by atoms with E-state index in [1.54, 1.807) is 0 Å². The van der Waals surface area contributed by atoms with Gasteiger partial charge in [-0.2, -0.15) is 0 Å². The molecule has 96 valence electrons. The highest BCUT2D eigenvalue weighted by Crippen LogP contribution is 2.14. The van der Waals surface area contributed by atoms with Crippen LogP contribution in [0.2, 0.25) is 0 Å². The van der Waals surface area contributed by atoms with Crippen LogP contribution < -0.4 is 5.32 Å². The molecule has 0 aromatic rings. The second kappa shape index (κ2) is 6.61. The van der Waals surface area contributed by atoms with Crippen molar-refractivity contribution in [1.82, 2.24) is 10.2 Å². The number of hydrogen-bond acceptors (Lipinski definition) is 2. The van der Waals surface area contributed by atoms with Gasteiger partial charge in [-0.1, -0.05) is 20.8 Å². The molecule has 3 atom stereocenters. The fourth-order valence-corrected chi connectivity index (χ4v) is 2.32. The minimum atomic E-state index is 0.673. The minimum Gasteiger partial charge on any atom is -0.312 e. The Morgan fingerprint density at radius 3 is 2.00 bits per heavy atom. The summed E-state index contributed by atoms with van der Waals surface area (Å²) in [6.45, 7) is 15.5. The first-order chi connectivity index (χ1) is 7.49. The second-order valence-electron chi connectivity index (χ2n) is 6.07. The summed E-state index contributed by atoms with van der Waals surface area (Å²) in [6, 6.07) is 1.35. The molecule has 1 saturated heterocycles. The monoisotopic (exact) mass is 226 g/mol. The highest BCUT2D eigenvalue weighted by Gasteiger charge is 2.18. The summed E-state index contributed by atoms with van der Waals surface area (Å²) in [7, 11) is 0. The first-order valence-corrected chi connectivity index (χ1v) is 6.97. The lowest BCUT2D eigenvalue weighted by Gasteiger charge is -2.33. The van der Waals surface area contributed by atoms with E-state index in [0.717, 1.165) is 11.8 Å². The summed E-state index contributed by atoms with van der Waals surface area (Å²) in [5.41, 5.74) is 0. The molecule has 1 heterocycles. The molecule has 1 aliphatic heterocycles. The van der Waals surface area contributed by atoms with Gasteiger partial charge in [-0.25, -0.2) is 0 Å². The minimum absolute atomic E-state index is 0.673. The first kappa shape index (κ1) is 14.0. The standard InChI is InChI=1S/C14H30N2/c1-11(2)12(3)10-16-8-6-13(4)15-14(5)7-9-16/h11-15H,6-10H2,1-5H3. The lowest BCUT2D eigenvalue weighted by Crippen LogP contribution is -2.44. The van der Waals surface area contributed by atoms with Crippen LogP contribution in [-0.2, 0) is 0 Å². The van der Waals surface area contributed by atoms with Gasteiger partial charge in [0.1, 0.15) is 0 Å². The molecule has 1 aliphatic rings. The van der Waals surface area contributed by atoms with Crippen LogP contribution in [0.4, 0.5) is 0 Å². The van der Waals surface area contributed by atoms with E-state index in [4.69, 9.17) is 0 Å². The van der Waals surface area contributed by atoms with Crippen molar-refractivity contribution in [3.63, 3.8) is 0 Å². The quantitative estimate of drug-likeness (QED) is 0.796. The van der Waals surface area contributed by atoms with Gasteiger partial charge >= 0.3 is 0 Å². The zero-order chi connectivity index (χ0) is 12.1. The van der Waals surface area contributed by atoms with Gasteiger partial charge in [0.15, 0.2) is 0 Å². The molecular formula is C14H30N2. The van der Waals surface area contributed by atoms with Gasteiger partial charge in [0.25, 0.3) is 0 Å². The molecule has 1 fully saturated rings. The van der Waals surface area contributed by atoms with Crippen LogP contribution in [0, 0.1) is 11.8 Å². The van der Waals surface area contributed by atoms with Crippen LogP contribution in [0.1, 0.15) is 47.5 Å². The van der Waals surface area contributed by atoms with Gasteiger partial charge in [0.2, 0.25) is 0 Å². The summed E-state index contributed by atoms with van der Waals surface area (Å²) in [5, 5.41) is 3.65. The number of hydrogen-bond donors (Lipinski definition) is 1. The van der Waals surface area contributed by atoms with E-state index in [9.17, 15) is 0 Å². The smallest absolute Gasteiger partial charge is 0.00533 e. The third-order valence-corrected chi connectivity index (χ3v) is 4.01. The van der Waals surface area contributed by atoms with E-state index in [1.165, 1.54) is 32.5 Å². The Kier molecular flexibility index (Phi) is 5.77. The van der Waals surface area contributed by atoms with Gasteiger partial charge in [0.05, 0.1) is 0 Å². The maximum Gasteiger partial charge on any atom is 0.00533 e. The third kappa shape index (κ3) is 4.84. The van der Waals surface area contributed by atoms with Crippen molar-refractivity contribution in [3.05, 3.63) is 0 Å². The predicted octanol–water partition coefficient (Wildman–Crippen LogP) is 2.74. The SMILES string of the molecule is CC1CCN(CC(C)C(C)C)CCC(C)N1. The maximum absolute atomic E-state index is 3.65. The first-order valence-electron chi connectivity index (χ1n) is 6.97. The average Bonchev–Trinajstić information content (AvgIpc) is 2.19. The lowest BCUT2D eigenvalue weighted by atomic mass is 9.97. The average molecular weight is 226 g/mol. The summed E-state index contributed by atoms with van der Waals surface area (Å²) < 4.78 is 0. The fourth-order valence-electron chi connectivity index (χ4n) is 2.32. The zero-order valence-electron chi connectivity index (χ0n) is 11.8. The van der Waals surface area contributed by atoms with E-state index >= 15 is 0 Å². The zero-order valence-corrected chi connectivity index (χ0v) is 11.8. The fraction of sp³-hybridized carbons (Fsp3) is 1.00. The van der Waals surface area contributed by atoms with Crippen LogP contribution in [0.5, 0.6) is 0 Å². The van der Waals surface area contributed by atoms with Crippen molar-refractivity contribution < 1.29 is 0 Å². The van der Waals surface area contributed by atoms with E-state index in [1.807, 2.05) is 0 Å². The molecule has 0 aliphatic carbocycles. The van der Waals surface area contributed by atoms with Crippen molar-refractivity contribution in [3.8, 4) is 0 Å². The molecule has 0 radical (unpaired) electrons. The van der Waals surface area contributed by atoms with Gasteiger partial charge < -0.3 is 10.2 Å². The van der Waals surface area contributed by atoms with Gasteiger partial charge in [-0.05, 0) is 51.6 Å². The molecule has 16 heavy (non-hydrogen) atoms. The Labute approximate surface area is 102 Å². The molecule has 3 unspecified atom stereocenters. The molecule has 0 spiro atoms. The van der Waals surface area contributed by atoms with E-state index in [2.05, 4.69) is 44.8 Å². The van der Waals surface area contributed by atoms with Crippen LogP contribution in [0.3, 0.4) is 0 Å². The van der Waals surface area contributed by atoms with Crippen LogP contribution >= 0.6 is 0 Å². The molecule has 0 bridgehead atoms. The number of nitrogens with one attached hydrogen (secondary N) is 1. The lowest BCUT2D eigenvalue weighted by molar-refractivity contribution is 0.178. The number of nitrogens with zero attached hydrogens (tertiary/aromatic N) is 1. The third-order valence-electron chi connectivity index (χ3n) is 4.01. The molecule has 0 aromatic carbocycles. The Hall–Kier alpha value is -0.0800. The second-order valence-corrected chi connectivity index (χ2v) is 6.07. The van der Waals surface area contributed by atoms with E-state index < -0.39 is 0 Å². The van der Waals surface area contributed by atoms with Crippen LogP contribution in [0.25, 0.3) is 0 Å². The van der Waals surface area contributed by atoms with E-state index in [-0.39, 0.29) is 0 Å². The van der Waals surface area contributed by atoms with Crippen LogP contribution in [-0.4, -0.2) is 36.6 Å². The summed E-state index contributed by atoms with van der Waals surface area (Å²) >= 11 is 0. The van der Waals surface area contributed by atoms with E-state index in [0.29, 0.717) is 12.1 Å². The normalized spacial score (nSPS) is 31.1. The van der Waals surface area contributed by atoms with Gasteiger partial charge in [-0.15, -0.1) is 0 Å². The number of rotatable bonds is 3. The van der Waals surface area contributed by atoms with Gasteiger partial charge in [-0.3, -0.25) is 0 Å².